The second-order valence-electron chi connectivity index (χ2n) is 3.50. The highest BCUT2D eigenvalue weighted by Gasteiger charge is 2.19. The maximum Gasteiger partial charge on any atom is 0.178 e. The highest BCUT2D eigenvalue weighted by atomic mass is 79.9. The van der Waals surface area contributed by atoms with Crippen LogP contribution < -0.4 is 15.2 Å². The Labute approximate surface area is 103 Å². The molecule has 1 rings (SSSR count). The van der Waals surface area contributed by atoms with E-state index in [-0.39, 0.29) is 11.7 Å². The lowest BCUT2D eigenvalue weighted by molar-refractivity contribution is 0.347. The number of benzene rings is 1. The van der Waals surface area contributed by atoms with E-state index in [1.807, 2.05) is 6.92 Å². The van der Waals surface area contributed by atoms with Crippen LogP contribution in [-0.4, -0.2) is 25.9 Å². The number of halogens is 1. The van der Waals surface area contributed by atoms with E-state index in [9.17, 15) is 5.11 Å². The van der Waals surface area contributed by atoms with E-state index < -0.39 is 0 Å². The van der Waals surface area contributed by atoms with Crippen LogP contribution in [-0.2, 0) is 0 Å². The van der Waals surface area contributed by atoms with E-state index >= 15 is 0 Å². The van der Waals surface area contributed by atoms with Gasteiger partial charge < -0.3 is 20.3 Å². The first-order valence-electron chi connectivity index (χ1n) is 4.90. The molecule has 1 aromatic rings. The Morgan fingerprint density at radius 3 is 2.50 bits per heavy atom. The highest BCUT2D eigenvalue weighted by Crippen LogP contribution is 2.45. The van der Waals surface area contributed by atoms with Crippen LogP contribution in [0.5, 0.6) is 17.2 Å². The third kappa shape index (κ3) is 2.25. The third-order valence-corrected chi connectivity index (χ3v) is 3.24. The molecule has 4 nitrogen and oxygen atoms in total. The van der Waals surface area contributed by atoms with Crippen LogP contribution in [0.4, 0.5) is 0 Å². The molecule has 16 heavy (non-hydrogen) atoms. The van der Waals surface area contributed by atoms with Crippen molar-refractivity contribution < 1.29 is 14.6 Å². The quantitative estimate of drug-likeness (QED) is 0.892. The maximum atomic E-state index is 9.99. The largest absolute Gasteiger partial charge is 0.506 e. The fourth-order valence-corrected chi connectivity index (χ4v) is 2.05. The predicted octanol–water partition coefficient (Wildman–Crippen LogP) is 2.23. The lowest BCUT2D eigenvalue weighted by Crippen LogP contribution is -2.09. The maximum absolute atomic E-state index is 9.99. The molecule has 5 heteroatoms. The fraction of sp³-hybridized carbons (Fsp3) is 0.455. The van der Waals surface area contributed by atoms with E-state index in [2.05, 4.69) is 15.9 Å². The van der Waals surface area contributed by atoms with Gasteiger partial charge in [0.15, 0.2) is 11.5 Å². The Bertz CT molecular complexity index is 382. The standard InChI is InChI=1S/C11H16BrNO3/c1-6(5-13)7-4-8(15-2)11(16-3)9(12)10(7)14/h4,6,14H,5,13H2,1-3H3. The van der Waals surface area contributed by atoms with Gasteiger partial charge in [0.25, 0.3) is 0 Å². The summed E-state index contributed by atoms with van der Waals surface area (Å²) < 4.78 is 10.8. The Kier molecular flexibility index (Phi) is 4.44. The Morgan fingerprint density at radius 2 is 2.06 bits per heavy atom. The molecule has 0 aliphatic rings. The van der Waals surface area contributed by atoms with E-state index in [0.29, 0.717) is 22.5 Å². The van der Waals surface area contributed by atoms with Crippen molar-refractivity contribution in [2.45, 2.75) is 12.8 Å². The number of ether oxygens (including phenoxy) is 2. The number of aromatic hydroxyl groups is 1. The van der Waals surface area contributed by atoms with Gasteiger partial charge in [-0.1, -0.05) is 6.92 Å². The molecular weight excluding hydrogens is 274 g/mol. The number of hydrogen-bond donors (Lipinski definition) is 2. The van der Waals surface area contributed by atoms with Gasteiger partial charge in [0.05, 0.1) is 14.2 Å². The Balaban J connectivity index is 3.38. The summed E-state index contributed by atoms with van der Waals surface area (Å²) in [7, 11) is 3.08. The van der Waals surface area contributed by atoms with Gasteiger partial charge in [-0.15, -0.1) is 0 Å². The van der Waals surface area contributed by atoms with Gasteiger partial charge in [-0.2, -0.15) is 0 Å². The number of hydrogen-bond acceptors (Lipinski definition) is 4. The molecule has 0 saturated carbocycles. The van der Waals surface area contributed by atoms with Crippen molar-refractivity contribution in [2.24, 2.45) is 5.73 Å². The Morgan fingerprint density at radius 1 is 1.44 bits per heavy atom. The molecule has 0 heterocycles. The number of rotatable bonds is 4. The molecule has 0 aliphatic carbocycles. The van der Waals surface area contributed by atoms with Crippen molar-refractivity contribution in [3.63, 3.8) is 0 Å². The van der Waals surface area contributed by atoms with Gasteiger partial charge in [0.2, 0.25) is 0 Å². The molecule has 0 bridgehead atoms. The van der Waals surface area contributed by atoms with Crippen molar-refractivity contribution in [2.75, 3.05) is 20.8 Å². The van der Waals surface area contributed by atoms with E-state index in [1.165, 1.54) is 7.11 Å². The lowest BCUT2D eigenvalue weighted by atomic mass is 9.99. The van der Waals surface area contributed by atoms with Gasteiger partial charge in [0.1, 0.15) is 10.2 Å². The van der Waals surface area contributed by atoms with Crippen LogP contribution in [0.3, 0.4) is 0 Å². The zero-order valence-corrected chi connectivity index (χ0v) is 11.2. The minimum absolute atomic E-state index is 0.0520. The molecule has 0 aliphatic heterocycles. The van der Waals surface area contributed by atoms with Crippen LogP contribution in [0.25, 0.3) is 0 Å². The molecule has 0 fully saturated rings. The number of nitrogens with two attached hydrogens (primary N) is 1. The van der Waals surface area contributed by atoms with Gasteiger partial charge in [-0.25, -0.2) is 0 Å². The molecule has 0 spiro atoms. The summed E-state index contributed by atoms with van der Waals surface area (Å²) in [5.41, 5.74) is 6.33. The summed E-state index contributed by atoms with van der Waals surface area (Å²) in [6.45, 7) is 2.39. The topological polar surface area (TPSA) is 64.7 Å². The summed E-state index contributed by atoms with van der Waals surface area (Å²) in [6.07, 6.45) is 0. The van der Waals surface area contributed by atoms with Crippen molar-refractivity contribution in [1.29, 1.82) is 0 Å². The van der Waals surface area contributed by atoms with Crippen molar-refractivity contribution >= 4 is 15.9 Å². The fourth-order valence-electron chi connectivity index (χ4n) is 1.46. The van der Waals surface area contributed by atoms with Crippen LogP contribution in [0.2, 0.25) is 0 Å². The number of phenols is 1. The number of phenolic OH excluding ortho intramolecular Hbond substituents is 1. The molecule has 1 aromatic carbocycles. The smallest absolute Gasteiger partial charge is 0.178 e. The first-order chi connectivity index (χ1) is 7.56. The summed E-state index contributed by atoms with van der Waals surface area (Å²) in [6, 6.07) is 1.75. The van der Waals surface area contributed by atoms with Crippen molar-refractivity contribution in [1.82, 2.24) is 0 Å². The summed E-state index contributed by atoms with van der Waals surface area (Å²) in [5.74, 6) is 1.25. The minimum atomic E-state index is 0.0520. The van der Waals surface area contributed by atoms with Crippen LogP contribution in [0, 0.1) is 0 Å². The molecule has 0 amide bonds. The monoisotopic (exact) mass is 289 g/mol. The van der Waals surface area contributed by atoms with Crippen LogP contribution in [0.1, 0.15) is 18.4 Å². The molecule has 3 N–H and O–H groups in total. The highest BCUT2D eigenvalue weighted by molar-refractivity contribution is 9.10. The summed E-state index contributed by atoms with van der Waals surface area (Å²) in [5, 5.41) is 9.99. The zero-order valence-electron chi connectivity index (χ0n) is 9.58. The molecule has 1 unspecified atom stereocenters. The zero-order chi connectivity index (χ0) is 12.3. The first-order valence-corrected chi connectivity index (χ1v) is 5.69. The average molecular weight is 290 g/mol. The third-order valence-electron chi connectivity index (χ3n) is 2.50. The molecule has 0 aromatic heterocycles. The molecule has 0 saturated heterocycles. The molecule has 90 valence electrons. The first kappa shape index (κ1) is 13.1. The predicted molar refractivity (Wildman–Crippen MR) is 66.4 cm³/mol. The second kappa shape index (κ2) is 5.41. The van der Waals surface area contributed by atoms with E-state index in [4.69, 9.17) is 15.2 Å². The normalized spacial score (nSPS) is 12.3. The average Bonchev–Trinajstić information content (AvgIpc) is 2.31. The summed E-state index contributed by atoms with van der Waals surface area (Å²) in [4.78, 5) is 0. The minimum Gasteiger partial charge on any atom is -0.506 e. The van der Waals surface area contributed by atoms with Crippen molar-refractivity contribution in [3.8, 4) is 17.2 Å². The van der Waals surface area contributed by atoms with E-state index in [1.54, 1.807) is 13.2 Å². The molecular formula is C11H16BrNO3. The van der Waals surface area contributed by atoms with Gasteiger partial charge in [-0.05, 0) is 34.5 Å². The van der Waals surface area contributed by atoms with Crippen LogP contribution in [0.15, 0.2) is 10.5 Å². The lowest BCUT2D eigenvalue weighted by Gasteiger charge is -2.17. The second-order valence-corrected chi connectivity index (χ2v) is 4.29. The van der Waals surface area contributed by atoms with Crippen molar-refractivity contribution in [3.05, 3.63) is 16.1 Å². The number of methoxy groups -OCH3 is 2. The van der Waals surface area contributed by atoms with Gasteiger partial charge >= 0.3 is 0 Å². The SMILES string of the molecule is COc1cc(C(C)CN)c(O)c(Br)c1OC. The molecule has 1 atom stereocenters. The van der Waals surface area contributed by atoms with E-state index in [0.717, 1.165) is 5.56 Å². The van der Waals surface area contributed by atoms with Gasteiger partial charge in [-0.3, -0.25) is 0 Å². The Hall–Kier alpha value is -0.940. The summed E-state index contributed by atoms with van der Waals surface area (Å²) >= 11 is 3.28. The van der Waals surface area contributed by atoms with Crippen LogP contribution >= 0.6 is 15.9 Å². The molecule has 0 radical (unpaired) electrons. The van der Waals surface area contributed by atoms with Gasteiger partial charge in [0, 0.05) is 5.56 Å².